The van der Waals surface area contributed by atoms with Crippen LogP contribution in [0, 0.1) is 0 Å². The molecule has 0 bridgehead atoms. The molecule has 0 aliphatic rings. The van der Waals surface area contributed by atoms with Crippen LogP contribution in [0.15, 0.2) is 42.7 Å². The van der Waals surface area contributed by atoms with Crippen LogP contribution in [0.1, 0.15) is 5.56 Å². The van der Waals surface area contributed by atoms with E-state index >= 15 is 0 Å². The second-order valence-corrected chi connectivity index (χ2v) is 11.4. The van der Waals surface area contributed by atoms with Crippen molar-refractivity contribution in [3.8, 4) is 0 Å². The first-order chi connectivity index (χ1) is 14.8. The van der Waals surface area contributed by atoms with Crippen molar-refractivity contribution in [1.82, 2.24) is 14.9 Å². The number of rotatable bonds is 14. The van der Waals surface area contributed by atoms with Crippen LogP contribution in [-0.4, -0.2) is 75.0 Å². The highest BCUT2D eigenvalue weighted by atomic mass is 32.2. The van der Waals surface area contributed by atoms with Crippen molar-refractivity contribution < 1.29 is 0 Å². The zero-order chi connectivity index (χ0) is 21.0. The average Bonchev–Trinajstić information content (AvgIpc) is 2.78. The molecule has 0 unspecified atom stereocenters. The molecule has 0 saturated heterocycles. The van der Waals surface area contributed by atoms with Gasteiger partial charge in [-0.05, 0) is 30.2 Å². The summed E-state index contributed by atoms with van der Waals surface area (Å²) < 4.78 is 0. The smallest absolute Gasteiger partial charge is 0.0967 e. The van der Waals surface area contributed by atoms with Gasteiger partial charge >= 0.3 is 0 Å². The highest BCUT2D eigenvalue weighted by Gasteiger charge is 2.11. The Kier molecular flexibility index (Phi) is 11.0. The summed E-state index contributed by atoms with van der Waals surface area (Å²) in [4.78, 5) is 11.9. The standard InChI is InChI=1S/C23H31N3S4/c1-27-14-16-29-12-10-26(11-13-30-17-15-28-2)18-20-7-9-25-23-21(20)6-5-19-4-3-8-24-22(19)23/h3-9H,10-18H2,1-2H3. The van der Waals surface area contributed by atoms with E-state index in [2.05, 4.69) is 75.2 Å². The third-order valence-electron chi connectivity index (χ3n) is 4.93. The minimum absolute atomic E-state index is 0.976. The van der Waals surface area contributed by atoms with Crippen LogP contribution in [0.3, 0.4) is 0 Å². The summed E-state index contributed by atoms with van der Waals surface area (Å²) in [7, 11) is 0. The van der Waals surface area contributed by atoms with Crippen LogP contribution in [0.4, 0.5) is 0 Å². The van der Waals surface area contributed by atoms with Crippen molar-refractivity contribution >= 4 is 68.9 Å². The van der Waals surface area contributed by atoms with E-state index in [9.17, 15) is 0 Å². The van der Waals surface area contributed by atoms with Gasteiger partial charge in [-0.15, -0.1) is 0 Å². The average molecular weight is 478 g/mol. The molecule has 0 aliphatic carbocycles. The van der Waals surface area contributed by atoms with Gasteiger partial charge in [-0.2, -0.15) is 47.0 Å². The van der Waals surface area contributed by atoms with Crippen LogP contribution >= 0.6 is 47.0 Å². The minimum atomic E-state index is 0.976. The molecule has 0 atom stereocenters. The van der Waals surface area contributed by atoms with Gasteiger partial charge in [-0.1, -0.05) is 18.2 Å². The van der Waals surface area contributed by atoms with Crippen molar-refractivity contribution in [2.75, 3.05) is 60.1 Å². The Morgan fingerprint density at radius 3 is 2.13 bits per heavy atom. The van der Waals surface area contributed by atoms with Gasteiger partial charge in [0, 0.05) is 77.3 Å². The molecule has 0 aliphatic heterocycles. The Balaban J connectivity index is 1.71. The first-order valence-electron chi connectivity index (χ1n) is 10.3. The molecule has 30 heavy (non-hydrogen) atoms. The highest BCUT2D eigenvalue weighted by molar-refractivity contribution is 8.03. The maximum Gasteiger partial charge on any atom is 0.0967 e. The molecule has 0 amide bonds. The number of benzene rings is 1. The van der Waals surface area contributed by atoms with Gasteiger partial charge in [0.1, 0.15) is 0 Å². The predicted molar refractivity (Wildman–Crippen MR) is 144 cm³/mol. The summed E-state index contributed by atoms with van der Waals surface area (Å²) in [6.07, 6.45) is 8.18. The number of pyridine rings is 2. The number of hydrogen-bond donors (Lipinski definition) is 0. The molecular weight excluding hydrogens is 447 g/mol. The fraction of sp³-hybridized carbons (Fsp3) is 0.478. The van der Waals surface area contributed by atoms with Crippen LogP contribution in [0.25, 0.3) is 21.8 Å². The van der Waals surface area contributed by atoms with E-state index in [1.165, 1.54) is 45.5 Å². The lowest BCUT2D eigenvalue weighted by atomic mass is 10.1. The summed E-state index contributed by atoms with van der Waals surface area (Å²) in [5, 5.41) is 2.39. The van der Waals surface area contributed by atoms with Crippen LogP contribution in [0.2, 0.25) is 0 Å². The molecular formula is C23H31N3S4. The molecule has 2 heterocycles. The Morgan fingerprint density at radius 1 is 0.733 bits per heavy atom. The molecule has 3 rings (SSSR count). The number of thioether (sulfide) groups is 4. The number of nitrogens with zero attached hydrogens (tertiary/aromatic N) is 3. The third kappa shape index (κ3) is 7.23. The Morgan fingerprint density at radius 2 is 1.43 bits per heavy atom. The van der Waals surface area contributed by atoms with E-state index in [-0.39, 0.29) is 0 Å². The number of aromatic nitrogens is 2. The van der Waals surface area contributed by atoms with Crippen LogP contribution in [-0.2, 0) is 6.54 Å². The van der Waals surface area contributed by atoms with E-state index < -0.39 is 0 Å². The van der Waals surface area contributed by atoms with Crippen molar-refractivity contribution in [3.63, 3.8) is 0 Å². The second kappa shape index (κ2) is 13.7. The lowest BCUT2D eigenvalue weighted by molar-refractivity contribution is 0.302. The zero-order valence-electron chi connectivity index (χ0n) is 17.9. The maximum absolute atomic E-state index is 4.68. The van der Waals surface area contributed by atoms with Gasteiger partial charge in [0.2, 0.25) is 0 Å². The first kappa shape index (κ1) is 24.1. The van der Waals surface area contributed by atoms with Crippen LogP contribution in [0.5, 0.6) is 0 Å². The quantitative estimate of drug-likeness (QED) is 0.215. The minimum Gasteiger partial charge on any atom is -0.297 e. The SMILES string of the molecule is CSCCSCCN(CCSCCSC)Cc1ccnc2c1ccc1cccnc12. The molecule has 2 aromatic heterocycles. The molecule has 3 nitrogen and oxygen atoms in total. The Labute approximate surface area is 198 Å². The molecule has 7 heteroatoms. The van der Waals surface area contributed by atoms with Crippen molar-refractivity contribution in [1.29, 1.82) is 0 Å². The number of fused-ring (bicyclic) bond motifs is 3. The second-order valence-electron chi connectivity index (χ2n) is 6.99. The summed E-state index contributed by atoms with van der Waals surface area (Å²) >= 11 is 8.02. The molecule has 0 saturated carbocycles. The van der Waals surface area contributed by atoms with E-state index in [1.54, 1.807) is 0 Å². The number of hydrogen-bond acceptors (Lipinski definition) is 7. The predicted octanol–water partition coefficient (Wildman–Crippen LogP) is 5.78. The van der Waals surface area contributed by atoms with Gasteiger partial charge in [-0.25, -0.2) is 0 Å². The van der Waals surface area contributed by atoms with Crippen molar-refractivity contribution in [3.05, 3.63) is 48.3 Å². The normalized spacial score (nSPS) is 11.7. The van der Waals surface area contributed by atoms with Gasteiger partial charge < -0.3 is 0 Å². The highest BCUT2D eigenvalue weighted by Crippen LogP contribution is 2.25. The van der Waals surface area contributed by atoms with E-state index in [0.717, 1.165) is 36.1 Å². The lowest BCUT2D eigenvalue weighted by Gasteiger charge is -2.23. The topological polar surface area (TPSA) is 29.0 Å². The van der Waals surface area contributed by atoms with Crippen molar-refractivity contribution in [2.45, 2.75) is 6.54 Å². The fourth-order valence-corrected chi connectivity index (χ4v) is 6.79. The summed E-state index contributed by atoms with van der Waals surface area (Å²) in [5.41, 5.74) is 3.38. The van der Waals surface area contributed by atoms with Crippen LogP contribution < -0.4 is 0 Å². The van der Waals surface area contributed by atoms with Gasteiger partial charge in [0.15, 0.2) is 0 Å². The van der Waals surface area contributed by atoms with Gasteiger partial charge in [-0.3, -0.25) is 14.9 Å². The van der Waals surface area contributed by atoms with E-state index in [4.69, 9.17) is 0 Å². The summed E-state index contributed by atoms with van der Waals surface area (Å²) in [6, 6.07) is 10.7. The Hall–Kier alpha value is -0.600. The van der Waals surface area contributed by atoms with Gasteiger partial charge in [0.05, 0.1) is 11.0 Å². The molecule has 0 N–H and O–H groups in total. The zero-order valence-corrected chi connectivity index (χ0v) is 21.1. The monoisotopic (exact) mass is 477 g/mol. The summed E-state index contributed by atoms with van der Waals surface area (Å²) in [6.45, 7) is 3.25. The van der Waals surface area contributed by atoms with E-state index in [1.807, 2.05) is 42.0 Å². The summed E-state index contributed by atoms with van der Waals surface area (Å²) in [5.74, 6) is 7.36. The van der Waals surface area contributed by atoms with Gasteiger partial charge in [0.25, 0.3) is 0 Å². The molecule has 1 aromatic carbocycles. The van der Waals surface area contributed by atoms with E-state index in [0.29, 0.717) is 0 Å². The molecule has 162 valence electrons. The van der Waals surface area contributed by atoms with Crippen molar-refractivity contribution in [2.24, 2.45) is 0 Å². The Bertz CT molecular complexity index is 892. The fourth-order valence-electron chi connectivity index (χ4n) is 3.34. The molecule has 0 fully saturated rings. The third-order valence-corrected chi connectivity index (χ3v) is 8.60. The first-order valence-corrected chi connectivity index (χ1v) is 15.4. The lowest BCUT2D eigenvalue weighted by Crippen LogP contribution is -2.28. The molecule has 3 aromatic rings. The maximum atomic E-state index is 4.68. The molecule has 0 radical (unpaired) electrons. The molecule has 0 spiro atoms. The largest absolute Gasteiger partial charge is 0.297 e.